The minimum absolute atomic E-state index is 0. The molecule has 0 saturated heterocycles. The normalized spacial score (nSPS) is 17.0. The molecule has 0 atom stereocenters. The Morgan fingerprint density at radius 3 is 2.33 bits per heavy atom. The van der Waals surface area contributed by atoms with Crippen molar-refractivity contribution >= 4 is 29.9 Å². The molecule has 0 bridgehead atoms. The van der Waals surface area contributed by atoms with Crippen LogP contribution in [0.4, 0.5) is 13.2 Å². The van der Waals surface area contributed by atoms with E-state index in [4.69, 9.17) is 0 Å². The number of alkyl halides is 3. The summed E-state index contributed by atoms with van der Waals surface area (Å²) >= 11 is 0. The molecule has 0 aliphatic heterocycles. The second kappa shape index (κ2) is 12.1. The molecular formula is C21H32F3IN4O. The van der Waals surface area contributed by atoms with Gasteiger partial charge in [-0.15, -0.1) is 24.0 Å². The fraction of sp³-hybridized carbons (Fsp3) is 0.667. The van der Waals surface area contributed by atoms with Gasteiger partial charge in [0.25, 0.3) is 0 Å². The molecule has 3 rings (SSSR count). The Hall–Kier alpha value is -1.07. The van der Waals surface area contributed by atoms with Crippen molar-refractivity contribution in [1.29, 1.82) is 0 Å². The van der Waals surface area contributed by atoms with Gasteiger partial charge in [0.1, 0.15) is 6.61 Å². The monoisotopic (exact) mass is 540 g/mol. The summed E-state index contributed by atoms with van der Waals surface area (Å²) in [5.74, 6) is 1.67. The molecule has 0 heterocycles. The molecule has 5 nitrogen and oxygen atoms in total. The molecule has 0 radical (unpaired) electrons. The van der Waals surface area contributed by atoms with Gasteiger partial charge in [-0.05, 0) is 42.7 Å². The van der Waals surface area contributed by atoms with Crippen molar-refractivity contribution in [3.05, 3.63) is 35.4 Å². The number of nitrogens with one attached hydrogen (secondary N) is 2. The predicted octanol–water partition coefficient (Wildman–Crippen LogP) is 3.92. The molecule has 2 aliphatic carbocycles. The molecule has 170 valence electrons. The largest absolute Gasteiger partial charge is 0.411 e. The van der Waals surface area contributed by atoms with Crippen LogP contribution in [0.3, 0.4) is 0 Å². The first-order valence-corrected chi connectivity index (χ1v) is 10.3. The highest BCUT2D eigenvalue weighted by Gasteiger charge is 2.33. The Morgan fingerprint density at radius 2 is 1.77 bits per heavy atom. The van der Waals surface area contributed by atoms with Gasteiger partial charge in [0.15, 0.2) is 5.96 Å². The van der Waals surface area contributed by atoms with Crippen LogP contribution in [0.5, 0.6) is 0 Å². The molecule has 9 heteroatoms. The lowest BCUT2D eigenvalue weighted by Crippen LogP contribution is -2.42. The van der Waals surface area contributed by atoms with Crippen molar-refractivity contribution in [3.63, 3.8) is 0 Å². The third kappa shape index (κ3) is 9.82. The fourth-order valence-corrected chi connectivity index (χ4v) is 3.26. The standard InChI is InChI=1S/C21H31F3N4O.HI/c1-25-20(26-10-11-28(19-8-9-19)13-17-4-5-17)27-12-16-2-6-18(7-3-16)14-29-15-21(22,23)24;/h2-3,6-7,17,19H,4-5,8-15H2,1H3,(H2,25,26,27);1H. The maximum Gasteiger partial charge on any atom is 0.411 e. The summed E-state index contributed by atoms with van der Waals surface area (Å²) in [5, 5.41) is 6.65. The summed E-state index contributed by atoms with van der Waals surface area (Å²) in [7, 11) is 1.75. The highest BCUT2D eigenvalue weighted by molar-refractivity contribution is 14.0. The number of benzene rings is 1. The van der Waals surface area contributed by atoms with Gasteiger partial charge < -0.3 is 15.4 Å². The molecule has 0 spiro atoms. The van der Waals surface area contributed by atoms with E-state index in [1.165, 1.54) is 32.2 Å². The van der Waals surface area contributed by atoms with Gasteiger partial charge in [-0.3, -0.25) is 9.89 Å². The van der Waals surface area contributed by atoms with E-state index >= 15 is 0 Å². The minimum atomic E-state index is -4.29. The van der Waals surface area contributed by atoms with Crippen molar-refractivity contribution < 1.29 is 17.9 Å². The Morgan fingerprint density at radius 1 is 1.10 bits per heavy atom. The van der Waals surface area contributed by atoms with Gasteiger partial charge in [-0.1, -0.05) is 24.3 Å². The van der Waals surface area contributed by atoms with E-state index in [1.807, 2.05) is 12.1 Å². The summed E-state index contributed by atoms with van der Waals surface area (Å²) < 4.78 is 41.0. The third-order valence-electron chi connectivity index (χ3n) is 5.19. The molecule has 0 aromatic heterocycles. The summed E-state index contributed by atoms with van der Waals surface area (Å²) in [4.78, 5) is 6.87. The number of aliphatic imine (C=N–C) groups is 1. The SMILES string of the molecule is CN=C(NCCN(CC1CC1)C1CC1)NCc1ccc(COCC(F)(F)F)cc1.I. The Bertz CT molecular complexity index is 661. The van der Waals surface area contributed by atoms with Crippen LogP contribution in [0.15, 0.2) is 29.3 Å². The molecule has 30 heavy (non-hydrogen) atoms. The lowest BCUT2D eigenvalue weighted by Gasteiger charge is -2.22. The number of guanidine groups is 1. The molecule has 1 aromatic rings. The maximum atomic E-state index is 12.1. The molecule has 0 unspecified atom stereocenters. The van der Waals surface area contributed by atoms with Crippen molar-refractivity contribution in [2.75, 3.05) is 33.3 Å². The molecular weight excluding hydrogens is 508 g/mol. The van der Waals surface area contributed by atoms with E-state index in [2.05, 4.69) is 25.3 Å². The number of nitrogens with zero attached hydrogens (tertiary/aromatic N) is 2. The average molecular weight is 540 g/mol. The summed E-state index contributed by atoms with van der Waals surface area (Å²) in [6.07, 6.45) is 1.13. The first kappa shape index (κ1) is 25.2. The van der Waals surface area contributed by atoms with Gasteiger partial charge in [-0.2, -0.15) is 13.2 Å². The van der Waals surface area contributed by atoms with E-state index in [-0.39, 0.29) is 30.6 Å². The zero-order valence-corrected chi connectivity index (χ0v) is 19.7. The van der Waals surface area contributed by atoms with Crippen LogP contribution in [0, 0.1) is 5.92 Å². The average Bonchev–Trinajstić information content (AvgIpc) is 3.57. The first-order chi connectivity index (χ1) is 13.9. The van der Waals surface area contributed by atoms with Crippen LogP contribution in [-0.4, -0.2) is 56.4 Å². The molecule has 2 N–H and O–H groups in total. The van der Waals surface area contributed by atoms with E-state index in [0.717, 1.165) is 42.1 Å². The summed E-state index contributed by atoms with van der Waals surface area (Å²) in [5.41, 5.74) is 1.75. The van der Waals surface area contributed by atoms with Gasteiger partial charge >= 0.3 is 6.18 Å². The second-order valence-corrected chi connectivity index (χ2v) is 7.95. The number of ether oxygens (including phenoxy) is 1. The number of halogens is 4. The van der Waals surface area contributed by atoms with Crippen LogP contribution in [0.25, 0.3) is 0 Å². The molecule has 0 amide bonds. The smallest absolute Gasteiger partial charge is 0.367 e. The third-order valence-corrected chi connectivity index (χ3v) is 5.19. The number of hydrogen-bond donors (Lipinski definition) is 2. The highest BCUT2D eigenvalue weighted by Crippen LogP contribution is 2.34. The highest BCUT2D eigenvalue weighted by atomic mass is 127. The van der Waals surface area contributed by atoms with E-state index in [0.29, 0.717) is 6.54 Å². The first-order valence-electron chi connectivity index (χ1n) is 10.3. The number of hydrogen-bond acceptors (Lipinski definition) is 3. The van der Waals surface area contributed by atoms with E-state index < -0.39 is 12.8 Å². The molecule has 2 saturated carbocycles. The minimum Gasteiger partial charge on any atom is -0.367 e. The topological polar surface area (TPSA) is 48.9 Å². The molecule has 1 aromatic carbocycles. The fourth-order valence-electron chi connectivity index (χ4n) is 3.26. The van der Waals surface area contributed by atoms with E-state index in [9.17, 15) is 13.2 Å². The second-order valence-electron chi connectivity index (χ2n) is 7.95. The van der Waals surface area contributed by atoms with Crippen molar-refractivity contribution in [3.8, 4) is 0 Å². The van der Waals surface area contributed by atoms with Crippen molar-refractivity contribution in [2.24, 2.45) is 10.9 Å². The van der Waals surface area contributed by atoms with Crippen molar-refractivity contribution in [2.45, 2.75) is 51.1 Å². The quantitative estimate of drug-likeness (QED) is 0.254. The van der Waals surface area contributed by atoms with E-state index in [1.54, 1.807) is 19.2 Å². The van der Waals surface area contributed by atoms with Gasteiger partial charge in [0, 0.05) is 39.3 Å². The van der Waals surface area contributed by atoms with Crippen LogP contribution < -0.4 is 10.6 Å². The van der Waals surface area contributed by atoms with Crippen LogP contribution >= 0.6 is 24.0 Å². The Balaban J connectivity index is 0.00000320. The number of rotatable bonds is 11. The molecule has 2 fully saturated rings. The van der Waals surface area contributed by atoms with Crippen molar-refractivity contribution in [1.82, 2.24) is 15.5 Å². The van der Waals surface area contributed by atoms with Gasteiger partial charge in [0.2, 0.25) is 0 Å². The van der Waals surface area contributed by atoms with Crippen LogP contribution in [0.1, 0.15) is 36.8 Å². The summed E-state index contributed by atoms with van der Waals surface area (Å²) in [6, 6.07) is 8.13. The van der Waals surface area contributed by atoms with Gasteiger partial charge in [0.05, 0.1) is 6.61 Å². The predicted molar refractivity (Wildman–Crippen MR) is 123 cm³/mol. The Labute approximate surface area is 193 Å². The molecule has 2 aliphatic rings. The Kier molecular flexibility index (Phi) is 10.2. The zero-order valence-electron chi connectivity index (χ0n) is 17.4. The van der Waals surface area contributed by atoms with Crippen LogP contribution in [-0.2, 0) is 17.9 Å². The summed E-state index contributed by atoms with van der Waals surface area (Å²) in [6.45, 7) is 2.45. The van der Waals surface area contributed by atoms with Gasteiger partial charge in [-0.25, -0.2) is 0 Å². The maximum absolute atomic E-state index is 12.1. The lowest BCUT2D eigenvalue weighted by atomic mass is 10.1. The zero-order chi connectivity index (χ0) is 20.7. The lowest BCUT2D eigenvalue weighted by molar-refractivity contribution is -0.176. The van der Waals surface area contributed by atoms with Crippen LogP contribution in [0.2, 0.25) is 0 Å².